The highest BCUT2D eigenvalue weighted by Crippen LogP contribution is 2.41. The van der Waals surface area contributed by atoms with Gasteiger partial charge in [0.25, 0.3) is 0 Å². The van der Waals surface area contributed by atoms with Crippen molar-refractivity contribution >= 4 is 15.9 Å². The molecule has 1 aliphatic heterocycles. The van der Waals surface area contributed by atoms with Gasteiger partial charge in [-0.1, -0.05) is 40.9 Å². The van der Waals surface area contributed by atoms with E-state index in [-0.39, 0.29) is 0 Å². The van der Waals surface area contributed by atoms with E-state index in [9.17, 15) is 0 Å². The molecule has 0 amide bonds. The Labute approximate surface area is 137 Å². The number of likely N-dealkylation sites (tertiary alicyclic amines) is 1. The maximum absolute atomic E-state index is 3.67. The van der Waals surface area contributed by atoms with Crippen LogP contribution in [0.25, 0.3) is 0 Å². The van der Waals surface area contributed by atoms with Crippen molar-refractivity contribution in [3.63, 3.8) is 0 Å². The van der Waals surface area contributed by atoms with Gasteiger partial charge in [-0.2, -0.15) is 0 Å². The summed E-state index contributed by atoms with van der Waals surface area (Å²) in [5, 5.41) is 3.67. The number of nitrogens with zero attached hydrogens (tertiary/aromatic N) is 1. The topological polar surface area (TPSA) is 15.3 Å². The van der Waals surface area contributed by atoms with Gasteiger partial charge in [0.1, 0.15) is 0 Å². The lowest BCUT2D eigenvalue weighted by atomic mass is 9.82. The van der Waals surface area contributed by atoms with E-state index in [0.29, 0.717) is 11.6 Å². The summed E-state index contributed by atoms with van der Waals surface area (Å²) >= 11 is 3.54. The minimum atomic E-state index is 0.401. The van der Waals surface area contributed by atoms with Gasteiger partial charge in [-0.25, -0.2) is 0 Å². The Hall–Kier alpha value is -0.380. The van der Waals surface area contributed by atoms with Gasteiger partial charge in [0.05, 0.1) is 0 Å². The monoisotopic (exact) mass is 350 g/mol. The van der Waals surface area contributed by atoms with Gasteiger partial charge in [0.2, 0.25) is 0 Å². The number of benzene rings is 1. The van der Waals surface area contributed by atoms with Crippen molar-refractivity contribution in [3.05, 3.63) is 34.3 Å². The van der Waals surface area contributed by atoms with Crippen LogP contribution in [0.1, 0.15) is 44.1 Å². The second-order valence-electron chi connectivity index (χ2n) is 6.68. The molecule has 1 saturated heterocycles. The average Bonchev–Trinajstić information content (AvgIpc) is 3.18. The van der Waals surface area contributed by atoms with Crippen molar-refractivity contribution in [3.8, 4) is 0 Å². The summed E-state index contributed by atoms with van der Waals surface area (Å²) in [6, 6.07) is 9.43. The Morgan fingerprint density at radius 2 is 1.71 bits per heavy atom. The summed E-state index contributed by atoms with van der Waals surface area (Å²) in [5.74, 6) is 0. The smallest absolute Gasteiger partial charge is 0.0365 e. The molecule has 0 radical (unpaired) electrons. The second-order valence-corrected chi connectivity index (χ2v) is 7.59. The molecular weight excluding hydrogens is 324 g/mol. The number of nitrogens with one attached hydrogen (secondary N) is 1. The fraction of sp³-hybridized carbons (Fsp3) is 0.667. The normalized spacial score (nSPS) is 23.5. The first-order valence-electron chi connectivity index (χ1n) is 8.41. The van der Waals surface area contributed by atoms with E-state index < -0.39 is 0 Å². The van der Waals surface area contributed by atoms with Gasteiger partial charge in [0.15, 0.2) is 0 Å². The van der Waals surface area contributed by atoms with Crippen molar-refractivity contribution in [1.29, 1.82) is 0 Å². The van der Waals surface area contributed by atoms with E-state index in [1.165, 1.54) is 61.7 Å². The molecule has 3 heteroatoms. The van der Waals surface area contributed by atoms with E-state index in [0.717, 1.165) is 6.42 Å². The molecule has 1 saturated carbocycles. The van der Waals surface area contributed by atoms with E-state index >= 15 is 0 Å². The lowest BCUT2D eigenvalue weighted by Gasteiger charge is -2.45. The van der Waals surface area contributed by atoms with Gasteiger partial charge in [-0.15, -0.1) is 0 Å². The summed E-state index contributed by atoms with van der Waals surface area (Å²) in [6.45, 7) is 2.61. The van der Waals surface area contributed by atoms with Crippen LogP contribution in [0.5, 0.6) is 0 Å². The van der Waals surface area contributed by atoms with Crippen LogP contribution in [0.3, 0.4) is 0 Å². The molecule has 1 heterocycles. The van der Waals surface area contributed by atoms with E-state index in [2.05, 4.69) is 57.5 Å². The number of hydrogen-bond donors (Lipinski definition) is 1. The fourth-order valence-corrected chi connectivity index (χ4v) is 4.72. The number of hydrogen-bond acceptors (Lipinski definition) is 2. The van der Waals surface area contributed by atoms with E-state index in [1.807, 2.05) is 0 Å². The Morgan fingerprint density at radius 3 is 2.29 bits per heavy atom. The summed E-state index contributed by atoms with van der Waals surface area (Å²) in [6.07, 6.45) is 9.45. The zero-order valence-corrected chi connectivity index (χ0v) is 14.7. The van der Waals surface area contributed by atoms with Crippen LogP contribution in [-0.4, -0.2) is 36.6 Å². The Morgan fingerprint density at radius 1 is 1.10 bits per heavy atom. The van der Waals surface area contributed by atoms with Crippen LogP contribution in [-0.2, 0) is 6.42 Å². The minimum absolute atomic E-state index is 0.401. The molecule has 2 fully saturated rings. The van der Waals surface area contributed by atoms with Crippen molar-refractivity contribution in [2.75, 3.05) is 20.1 Å². The lowest BCUT2D eigenvalue weighted by Crippen LogP contribution is -2.59. The van der Waals surface area contributed by atoms with Crippen molar-refractivity contribution in [2.45, 2.75) is 56.5 Å². The molecule has 1 unspecified atom stereocenters. The third-order valence-electron chi connectivity index (χ3n) is 5.56. The zero-order valence-electron chi connectivity index (χ0n) is 13.1. The highest BCUT2D eigenvalue weighted by atomic mass is 79.9. The molecule has 1 aromatic carbocycles. The zero-order chi connectivity index (χ0) is 14.7. The van der Waals surface area contributed by atoms with Gasteiger partial charge in [-0.3, -0.25) is 4.90 Å². The molecule has 116 valence electrons. The molecule has 0 aromatic heterocycles. The van der Waals surface area contributed by atoms with Crippen LogP contribution in [0.2, 0.25) is 0 Å². The molecule has 2 aliphatic rings. The largest absolute Gasteiger partial charge is 0.315 e. The fourth-order valence-electron chi connectivity index (χ4n) is 4.45. The van der Waals surface area contributed by atoms with Gasteiger partial charge >= 0.3 is 0 Å². The SMILES string of the molecule is CNC(Cc1ccc(Br)cc1)C1(N2CCCC2)CCCC1. The lowest BCUT2D eigenvalue weighted by molar-refractivity contribution is 0.0798. The van der Waals surface area contributed by atoms with Crippen molar-refractivity contribution < 1.29 is 0 Å². The van der Waals surface area contributed by atoms with Gasteiger partial charge in [-0.05, 0) is 69.9 Å². The molecule has 21 heavy (non-hydrogen) atoms. The first-order chi connectivity index (χ1) is 10.2. The molecule has 3 rings (SSSR count). The van der Waals surface area contributed by atoms with Crippen LogP contribution in [0, 0.1) is 0 Å². The molecule has 1 N–H and O–H groups in total. The Balaban J connectivity index is 1.80. The first kappa shape index (κ1) is 15.5. The number of halogens is 1. The van der Waals surface area contributed by atoms with Crippen LogP contribution in [0.4, 0.5) is 0 Å². The quantitative estimate of drug-likeness (QED) is 0.863. The minimum Gasteiger partial charge on any atom is -0.315 e. The number of rotatable bonds is 5. The maximum Gasteiger partial charge on any atom is 0.0365 e. The van der Waals surface area contributed by atoms with Crippen LogP contribution < -0.4 is 5.32 Å². The average molecular weight is 351 g/mol. The Kier molecular flexibility index (Phi) is 5.03. The standard InChI is InChI=1S/C18H27BrN2/c1-20-17(14-15-6-8-16(19)9-7-15)18(10-2-3-11-18)21-12-4-5-13-21/h6-9,17,20H,2-5,10-14H2,1H3. The summed E-state index contributed by atoms with van der Waals surface area (Å²) in [5.41, 5.74) is 1.85. The molecule has 1 aromatic rings. The summed E-state index contributed by atoms with van der Waals surface area (Å²) in [4.78, 5) is 2.81. The molecule has 1 aliphatic carbocycles. The predicted molar refractivity (Wildman–Crippen MR) is 92.7 cm³/mol. The molecular formula is C18H27BrN2. The van der Waals surface area contributed by atoms with E-state index in [4.69, 9.17) is 0 Å². The molecule has 0 spiro atoms. The molecule has 0 bridgehead atoms. The van der Waals surface area contributed by atoms with Gasteiger partial charge < -0.3 is 5.32 Å². The van der Waals surface area contributed by atoms with Crippen molar-refractivity contribution in [2.24, 2.45) is 0 Å². The third kappa shape index (κ3) is 3.20. The summed E-state index contributed by atoms with van der Waals surface area (Å²) in [7, 11) is 2.15. The highest BCUT2D eigenvalue weighted by Gasteiger charge is 2.45. The highest BCUT2D eigenvalue weighted by molar-refractivity contribution is 9.10. The Bertz CT molecular complexity index is 445. The second kappa shape index (κ2) is 6.80. The maximum atomic E-state index is 3.67. The molecule has 1 atom stereocenters. The van der Waals surface area contributed by atoms with Crippen LogP contribution >= 0.6 is 15.9 Å². The van der Waals surface area contributed by atoms with Crippen LogP contribution in [0.15, 0.2) is 28.7 Å². The van der Waals surface area contributed by atoms with E-state index in [1.54, 1.807) is 0 Å². The summed E-state index contributed by atoms with van der Waals surface area (Å²) < 4.78 is 1.17. The van der Waals surface area contributed by atoms with Gasteiger partial charge in [0, 0.05) is 16.1 Å². The number of likely N-dealkylation sites (N-methyl/N-ethyl adjacent to an activating group) is 1. The molecule has 2 nitrogen and oxygen atoms in total. The predicted octanol–water partition coefficient (Wildman–Crippen LogP) is 3.99. The van der Waals surface area contributed by atoms with Crippen molar-refractivity contribution in [1.82, 2.24) is 10.2 Å². The third-order valence-corrected chi connectivity index (χ3v) is 6.08. The first-order valence-corrected chi connectivity index (χ1v) is 9.21.